The van der Waals surface area contributed by atoms with Gasteiger partial charge in [0.25, 0.3) is 0 Å². The molecule has 0 radical (unpaired) electrons. The number of nitrogens with zero attached hydrogens (tertiary/aromatic N) is 4. The van der Waals surface area contributed by atoms with Crippen LogP contribution in [0, 0.1) is 11.8 Å². The van der Waals surface area contributed by atoms with Crippen molar-refractivity contribution in [3.8, 4) is 10.6 Å². The molecule has 7 heteroatoms. The molecule has 2 aromatic heterocycles. The Morgan fingerprint density at radius 2 is 1.86 bits per heavy atom. The lowest BCUT2D eigenvalue weighted by Crippen LogP contribution is -2.43. The van der Waals surface area contributed by atoms with Crippen LogP contribution >= 0.6 is 11.3 Å². The van der Waals surface area contributed by atoms with Gasteiger partial charge in [-0.3, -0.25) is 9.88 Å². The topological polar surface area (TPSA) is 74.2 Å². The van der Waals surface area contributed by atoms with E-state index in [0.717, 1.165) is 43.3 Å². The summed E-state index contributed by atoms with van der Waals surface area (Å²) >= 11 is 1.78. The second-order valence-corrected chi connectivity index (χ2v) is 9.21. The average Bonchev–Trinajstić information content (AvgIpc) is 3.36. The summed E-state index contributed by atoms with van der Waals surface area (Å²) < 4.78 is 0. The van der Waals surface area contributed by atoms with E-state index in [1.165, 1.54) is 10.4 Å². The van der Waals surface area contributed by atoms with Crippen molar-refractivity contribution in [2.24, 2.45) is 11.8 Å². The third-order valence-corrected chi connectivity index (χ3v) is 7.10. The predicted octanol–water partition coefficient (Wildman–Crippen LogP) is 3.28. The molecule has 1 aromatic carbocycles. The van der Waals surface area contributed by atoms with Gasteiger partial charge in [0.2, 0.25) is 0 Å². The van der Waals surface area contributed by atoms with E-state index < -0.39 is 0 Å². The van der Waals surface area contributed by atoms with Crippen molar-refractivity contribution in [2.75, 3.05) is 18.4 Å². The zero-order chi connectivity index (χ0) is 19.6. The summed E-state index contributed by atoms with van der Waals surface area (Å²) in [5, 5.41) is 15.1. The second kappa shape index (κ2) is 8.18. The molecule has 2 fully saturated rings. The molecule has 0 spiro atoms. The predicted molar refractivity (Wildman–Crippen MR) is 114 cm³/mol. The van der Waals surface area contributed by atoms with Crippen LogP contribution in [0.15, 0.2) is 55.1 Å². The maximum atomic E-state index is 10.6. The van der Waals surface area contributed by atoms with Gasteiger partial charge in [-0.15, -0.1) is 11.3 Å². The highest BCUT2D eigenvalue weighted by atomic mass is 32.1. The number of fused-ring (bicyclic) bond motifs is 1. The lowest BCUT2D eigenvalue weighted by Gasteiger charge is -2.35. The van der Waals surface area contributed by atoms with Gasteiger partial charge in [0.1, 0.15) is 10.8 Å². The Kier molecular flexibility index (Phi) is 5.26. The van der Waals surface area contributed by atoms with Crippen LogP contribution in [-0.4, -0.2) is 50.2 Å². The van der Waals surface area contributed by atoms with E-state index in [1.54, 1.807) is 29.9 Å². The first-order valence-electron chi connectivity index (χ1n) is 10.2. The number of nitrogens with one attached hydrogen (secondary N) is 1. The molecule has 0 bridgehead atoms. The summed E-state index contributed by atoms with van der Waals surface area (Å²) in [6.45, 7) is 3.07. The van der Waals surface area contributed by atoms with Gasteiger partial charge >= 0.3 is 0 Å². The molecule has 0 unspecified atom stereocenters. The van der Waals surface area contributed by atoms with Gasteiger partial charge < -0.3 is 10.4 Å². The van der Waals surface area contributed by atoms with Crippen molar-refractivity contribution in [3.05, 3.63) is 60.0 Å². The third kappa shape index (κ3) is 4.17. The number of likely N-dealkylation sites (tertiary alicyclic amines) is 1. The smallest absolute Gasteiger partial charge is 0.144 e. The second-order valence-electron chi connectivity index (χ2n) is 8.09. The number of hydrogen-bond donors (Lipinski definition) is 2. The van der Waals surface area contributed by atoms with Gasteiger partial charge in [0.05, 0.1) is 18.3 Å². The van der Waals surface area contributed by atoms with Gasteiger partial charge in [-0.05, 0) is 24.7 Å². The zero-order valence-corrected chi connectivity index (χ0v) is 17.0. The van der Waals surface area contributed by atoms with E-state index in [9.17, 15) is 5.11 Å². The molecule has 3 aromatic rings. The van der Waals surface area contributed by atoms with Crippen molar-refractivity contribution in [1.29, 1.82) is 0 Å². The molecule has 5 rings (SSSR count). The van der Waals surface area contributed by atoms with Crippen molar-refractivity contribution < 1.29 is 5.11 Å². The molecule has 0 amide bonds. The van der Waals surface area contributed by atoms with Crippen LogP contribution in [0.3, 0.4) is 0 Å². The SMILES string of the molecule is O[C@@H]1C[C@H]2CN(Cc3cnc(-c4ccccc4)s3)C[C@H]2C[C@H]1Nc1cnccn1. The van der Waals surface area contributed by atoms with Gasteiger partial charge in [0.15, 0.2) is 0 Å². The van der Waals surface area contributed by atoms with Gasteiger partial charge in [-0.25, -0.2) is 9.97 Å². The van der Waals surface area contributed by atoms with Crippen LogP contribution in [0.4, 0.5) is 5.82 Å². The first-order valence-corrected chi connectivity index (χ1v) is 11.0. The Labute approximate surface area is 174 Å². The molecule has 150 valence electrons. The first-order chi connectivity index (χ1) is 14.2. The molecule has 1 saturated carbocycles. The largest absolute Gasteiger partial charge is 0.391 e. The van der Waals surface area contributed by atoms with Gasteiger partial charge in [-0.1, -0.05) is 30.3 Å². The van der Waals surface area contributed by atoms with Crippen molar-refractivity contribution in [2.45, 2.75) is 31.5 Å². The van der Waals surface area contributed by atoms with Crippen LogP contribution in [0.2, 0.25) is 0 Å². The molecule has 2 N–H and O–H groups in total. The summed E-state index contributed by atoms with van der Waals surface area (Å²) in [7, 11) is 0. The number of benzene rings is 1. The Balaban J connectivity index is 1.21. The molecule has 1 aliphatic carbocycles. The highest BCUT2D eigenvalue weighted by Crippen LogP contribution is 2.38. The third-order valence-electron chi connectivity index (χ3n) is 6.07. The number of rotatable bonds is 5. The molecule has 1 aliphatic heterocycles. The molecular weight excluding hydrogens is 382 g/mol. The van der Waals surface area contributed by atoms with E-state index in [-0.39, 0.29) is 12.1 Å². The Morgan fingerprint density at radius 1 is 1.03 bits per heavy atom. The van der Waals surface area contributed by atoms with Crippen LogP contribution in [0.5, 0.6) is 0 Å². The van der Waals surface area contributed by atoms with E-state index in [0.29, 0.717) is 11.8 Å². The fourth-order valence-corrected chi connectivity index (χ4v) is 5.65. The highest BCUT2D eigenvalue weighted by Gasteiger charge is 2.41. The highest BCUT2D eigenvalue weighted by molar-refractivity contribution is 7.15. The van der Waals surface area contributed by atoms with Crippen molar-refractivity contribution >= 4 is 17.2 Å². The molecule has 6 nitrogen and oxygen atoms in total. The average molecular weight is 408 g/mol. The molecule has 29 heavy (non-hydrogen) atoms. The van der Waals surface area contributed by atoms with E-state index in [4.69, 9.17) is 0 Å². The summed E-state index contributed by atoms with van der Waals surface area (Å²) in [4.78, 5) is 16.8. The van der Waals surface area contributed by atoms with Crippen LogP contribution in [0.25, 0.3) is 10.6 Å². The van der Waals surface area contributed by atoms with E-state index in [2.05, 4.69) is 49.4 Å². The minimum Gasteiger partial charge on any atom is -0.391 e. The van der Waals surface area contributed by atoms with Crippen LogP contribution in [-0.2, 0) is 6.54 Å². The summed E-state index contributed by atoms with van der Waals surface area (Å²) in [6.07, 6.45) is 8.54. The van der Waals surface area contributed by atoms with Crippen LogP contribution < -0.4 is 5.32 Å². The Morgan fingerprint density at radius 3 is 2.66 bits per heavy atom. The van der Waals surface area contributed by atoms with Crippen molar-refractivity contribution in [1.82, 2.24) is 19.9 Å². The number of anilines is 1. The Hall–Kier alpha value is -2.35. The number of aromatic nitrogens is 3. The van der Waals surface area contributed by atoms with Gasteiger partial charge in [0, 0.05) is 48.7 Å². The zero-order valence-electron chi connectivity index (χ0n) is 16.2. The molecule has 4 atom stereocenters. The molecule has 1 saturated heterocycles. The quantitative estimate of drug-likeness (QED) is 0.676. The lowest BCUT2D eigenvalue weighted by atomic mass is 9.77. The van der Waals surface area contributed by atoms with Crippen LogP contribution in [0.1, 0.15) is 17.7 Å². The fraction of sp³-hybridized carbons (Fsp3) is 0.409. The van der Waals surface area contributed by atoms with E-state index >= 15 is 0 Å². The number of hydrogen-bond acceptors (Lipinski definition) is 7. The van der Waals surface area contributed by atoms with E-state index in [1.807, 2.05) is 12.3 Å². The number of aliphatic hydroxyl groups is 1. The summed E-state index contributed by atoms with van der Waals surface area (Å²) in [5.74, 6) is 1.91. The summed E-state index contributed by atoms with van der Waals surface area (Å²) in [5.41, 5.74) is 1.18. The standard InChI is InChI=1S/C22H25N5OS/c28-20-9-17-13-27(12-16(17)8-19(20)26-21-11-23-6-7-24-21)14-18-10-25-22(29-18)15-4-2-1-3-5-15/h1-7,10-11,16-17,19-20,28H,8-9,12-14H2,(H,24,26)/t16-,17+,19-,20-/m1/s1. The summed E-state index contributed by atoms with van der Waals surface area (Å²) in [6, 6.07) is 10.4. The lowest BCUT2D eigenvalue weighted by molar-refractivity contribution is 0.0735. The minimum atomic E-state index is -0.341. The minimum absolute atomic E-state index is 0.0426. The van der Waals surface area contributed by atoms with Crippen molar-refractivity contribution in [3.63, 3.8) is 0 Å². The number of aliphatic hydroxyl groups excluding tert-OH is 1. The first kappa shape index (κ1) is 18.7. The fourth-order valence-electron chi connectivity index (χ4n) is 4.69. The number of thiazole rings is 1. The molecule has 3 heterocycles. The monoisotopic (exact) mass is 407 g/mol. The molecule has 2 aliphatic rings. The Bertz CT molecular complexity index is 935. The normalized spacial score (nSPS) is 26.9. The maximum Gasteiger partial charge on any atom is 0.144 e. The maximum absolute atomic E-state index is 10.6. The van der Waals surface area contributed by atoms with Gasteiger partial charge in [-0.2, -0.15) is 0 Å². The molecular formula is C22H25N5OS.